The van der Waals surface area contributed by atoms with Gasteiger partial charge in [-0.05, 0) is 31.2 Å². The fraction of sp³-hybridized carbons (Fsp3) is 0.188. The van der Waals surface area contributed by atoms with Crippen LogP contribution < -0.4 is 11.0 Å². The van der Waals surface area contributed by atoms with Gasteiger partial charge in [0.1, 0.15) is 5.82 Å². The summed E-state index contributed by atoms with van der Waals surface area (Å²) in [6, 6.07) is 10.2. The summed E-state index contributed by atoms with van der Waals surface area (Å²) in [5, 5.41) is 3.31. The Morgan fingerprint density at radius 3 is 2.67 bits per heavy atom. The Balaban J connectivity index is 2.30. The number of rotatable bonds is 4. The van der Waals surface area contributed by atoms with Crippen LogP contribution in [0.2, 0.25) is 5.02 Å². The largest absolute Gasteiger partial charge is 0.364 e. The topological polar surface area (TPSA) is 59.8 Å². The van der Waals surface area contributed by atoms with Gasteiger partial charge in [-0.1, -0.05) is 23.7 Å². The number of aryl methyl sites for hydroxylation is 1. The van der Waals surface area contributed by atoms with Crippen molar-refractivity contribution >= 4 is 28.5 Å². The molecule has 3 aromatic rings. The average Bonchev–Trinajstić information content (AvgIpc) is 2.53. The number of pyridine rings is 1. The standard InChI is InChI=1S/C16H13ClF2N4O/c1-9-6-7-10-14(20-8-13(18)19)22-16(24)23(15(10)21-9)12-5-3-2-4-11(12)17/h2-7,13H,8H2,1H3,(H,20,22,24). The van der Waals surface area contributed by atoms with E-state index in [1.54, 1.807) is 43.3 Å². The molecule has 8 heteroatoms. The van der Waals surface area contributed by atoms with Crippen molar-refractivity contribution < 1.29 is 8.78 Å². The maximum Gasteiger partial charge on any atom is 0.355 e. The van der Waals surface area contributed by atoms with Crippen molar-refractivity contribution in [2.24, 2.45) is 0 Å². The summed E-state index contributed by atoms with van der Waals surface area (Å²) >= 11 is 6.18. The number of aromatic nitrogens is 3. The number of hydrogen-bond acceptors (Lipinski definition) is 4. The third kappa shape index (κ3) is 3.07. The lowest BCUT2D eigenvalue weighted by Gasteiger charge is -2.14. The van der Waals surface area contributed by atoms with Crippen LogP contribution in [0.25, 0.3) is 16.7 Å². The molecular weight excluding hydrogens is 338 g/mol. The lowest BCUT2D eigenvalue weighted by atomic mass is 10.2. The van der Waals surface area contributed by atoms with Crippen LogP contribution in [0.1, 0.15) is 5.69 Å². The predicted molar refractivity (Wildman–Crippen MR) is 89.4 cm³/mol. The van der Waals surface area contributed by atoms with E-state index in [2.05, 4.69) is 15.3 Å². The molecule has 0 spiro atoms. The summed E-state index contributed by atoms with van der Waals surface area (Å²) in [5.41, 5.74) is 0.763. The minimum absolute atomic E-state index is 0.0751. The first-order valence-electron chi connectivity index (χ1n) is 7.14. The minimum Gasteiger partial charge on any atom is -0.364 e. The van der Waals surface area contributed by atoms with Gasteiger partial charge in [0.25, 0.3) is 6.43 Å². The van der Waals surface area contributed by atoms with Gasteiger partial charge in [-0.25, -0.2) is 23.1 Å². The van der Waals surface area contributed by atoms with Crippen molar-refractivity contribution in [1.82, 2.24) is 14.5 Å². The molecular formula is C16H13ClF2N4O. The first-order chi connectivity index (χ1) is 11.5. The van der Waals surface area contributed by atoms with E-state index in [1.165, 1.54) is 4.57 Å². The van der Waals surface area contributed by atoms with E-state index in [1.807, 2.05) is 0 Å². The Kier molecular flexibility index (Phi) is 4.44. The summed E-state index contributed by atoms with van der Waals surface area (Å²) in [5.74, 6) is 0.0751. The average molecular weight is 351 g/mol. The Morgan fingerprint density at radius 2 is 1.96 bits per heavy atom. The summed E-state index contributed by atoms with van der Waals surface area (Å²) in [6.07, 6.45) is -2.56. The fourth-order valence-electron chi connectivity index (χ4n) is 2.35. The second-order valence-electron chi connectivity index (χ2n) is 5.13. The highest BCUT2D eigenvalue weighted by molar-refractivity contribution is 6.32. The third-order valence-corrected chi connectivity index (χ3v) is 3.72. The highest BCUT2D eigenvalue weighted by Crippen LogP contribution is 2.24. The maximum atomic E-state index is 12.5. The number of nitrogens with zero attached hydrogens (tertiary/aromatic N) is 3. The SMILES string of the molecule is Cc1ccc2c(NCC(F)F)nc(=O)n(-c3ccccc3Cl)c2n1. The normalized spacial score (nSPS) is 11.2. The molecule has 5 nitrogen and oxygen atoms in total. The van der Waals surface area contributed by atoms with Crippen LogP contribution >= 0.6 is 11.6 Å². The molecule has 0 bridgehead atoms. The molecule has 0 aliphatic heterocycles. The monoisotopic (exact) mass is 350 g/mol. The van der Waals surface area contributed by atoms with E-state index in [9.17, 15) is 13.6 Å². The fourth-order valence-corrected chi connectivity index (χ4v) is 2.57. The molecule has 0 aliphatic carbocycles. The summed E-state index contributed by atoms with van der Waals surface area (Å²) in [4.78, 5) is 20.8. The molecule has 124 valence electrons. The molecule has 0 unspecified atom stereocenters. The van der Waals surface area contributed by atoms with E-state index in [0.717, 1.165) is 0 Å². The van der Waals surface area contributed by atoms with Gasteiger partial charge in [-0.2, -0.15) is 4.98 Å². The van der Waals surface area contributed by atoms with Gasteiger partial charge in [0, 0.05) is 5.69 Å². The van der Waals surface area contributed by atoms with Crippen LogP contribution in [0.15, 0.2) is 41.2 Å². The molecule has 3 rings (SSSR count). The van der Waals surface area contributed by atoms with Gasteiger partial charge < -0.3 is 5.32 Å². The van der Waals surface area contributed by atoms with Gasteiger partial charge in [-0.15, -0.1) is 0 Å². The van der Waals surface area contributed by atoms with Crippen molar-refractivity contribution in [2.75, 3.05) is 11.9 Å². The van der Waals surface area contributed by atoms with Crippen molar-refractivity contribution in [3.8, 4) is 5.69 Å². The smallest absolute Gasteiger partial charge is 0.355 e. The zero-order chi connectivity index (χ0) is 17.3. The minimum atomic E-state index is -2.56. The molecule has 0 saturated carbocycles. The van der Waals surface area contributed by atoms with Crippen molar-refractivity contribution in [3.05, 3.63) is 57.6 Å². The number of nitrogens with one attached hydrogen (secondary N) is 1. The Morgan fingerprint density at radius 1 is 1.21 bits per heavy atom. The van der Waals surface area contributed by atoms with E-state index in [-0.39, 0.29) is 5.82 Å². The molecule has 0 saturated heterocycles. The van der Waals surface area contributed by atoms with Crippen LogP contribution in [0, 0.1) is 6.92 Å². The van der Waals surface area contributed by atoms with Gasteiger partial charge in [0.15, 0.2) is 5.65 Å². The van der Waals surface area contributed by atoms with E-state index < -0.39 is 18.7 Å². The second kappa shape index (κ2) is 6.52. The Bertz CT molecular complexity index is 958. The van der Waals surface area contributed by atoms with E-state index >= 15 is 0 Å². The highest BCUT2D eigenvalue weighted by atomic mass is 35.5. The summed E-state index contributed by atoms with van der Waals surface area (Å²) < 4.78 is 26.2. The summed E-state index contributed by atoms with van der Waals surface area (Å²) in [6.45, 7) is 1.17. The van der Waals surface area contributed by atoms with Gasteiger partial charge in [0.05, 0.1) is 22.6 Å². The maximum absolute atomic E-state index is 12.5. The lowest BCUT2D eigenvalue weighted by molar-refractivity contribution is 0.163. The third-order valence-electron chi connectivity index (χ3n) is 3.40. The van der Waals surface area contributed by atoms with Crippen LogP contribution in [0.4, 0.5) is 14.6 Å². The number of halogens is 3. The molecule has 24 heavy (non-hydrogen) atoms. The lowest BCUT2D eigenvalue weighted by Crippen LogP contribution is -2.25. The Hall–Kier alpha value is -2.54. The van der Waals surface area contributed by atoms with E-state index in [4.69, 9.17) is 11.6 Å². The van der Waals surface area contributed by atoms with E-state index in [0.29, 0.717) is 27.4 Å². The predicted octanol–water partition coefficient (Wildman–Crippen LogP) is 3.42. The van der Waals surface area contributed by atoms with Gasteiger partial charge in [0.2, 0.25) is 0 Å². The number of alkyl halides is 2. The quantitative estimate of drug-likeness (QED) is 0.783. The number of para-hydroxylation sites is 1. The van der Waals surface area contributed by atoms with Crippen LogP contribution in [0.3, 0.4) is 0 Å². The molecule has 0 amide bonds. The van der Waals surface area contributed by atoms with Crippen molar-refractivity contribution in [3.63, 3.8) is 0 Å². The number of benzene rings is 1. The second-order valence-corrected chi connectivity index (χ2v) is 5.53. The molecule has 1 N–H and O–H groups in total. The molecule has 2 heterocycles. The van der Waals surface area contributed by atoms with Crippen LogP contribution in [-0.2, 0) is 0 Å². The number of fused-ring (bicyclic) bond motifs is 1. The molecule has 2 aromatic heterocycles. The first-order valence-corrected chi connectivity index (χ1v) is 7.52. The summed E-state index contributed by atoms with van der Waals surface area (Å²) in [7, 11) is 0. The molecule has 0 fully saturated rings. The highest BCUT2D eigenvalue weighted by Gasteiger charge is 2.16. The zero-order valence-electron chi connectivity index (χ0n) is 12.6. The van der Waals surface area contributed by atoms with Crippen LogP contribution in [0.5, 0.6) is 0 Å². The zero-order valence-corrected chi connectivity index (χ0v) is 13.4. The molecule has 1 aromatic carbocycles. The first kappa shape index (κ1) is 16.3. The Labute approximate surface area is 140 Å². The molecule has 0 radical (unpaired) electrons. The van der Waals surface area contributed by atoms with Crippen molar-refractivity contribution in [2.45, 2.75) is 13.3 Å². The molecule has 0 atom stereocenters. The van der Waals surface area contributed by atoms with Gasteiger partial charge in [-0.3, -0.25) is 0 Å². The van der Waals surface area contributed by atoms with Gasteiger partial charge >= 0.3 is 5.69 Å². The molecule has 0 aliphatic rings. The van der Waals surface area contributed by atoms with Crippen molar-refractivity contribution in [1.29, 1.82) is 0 Å². The number of hydrogen-bond donors (Lipinski definition) is 1. The van der Waals surface area contributed by atoms with Crippen LogP contribution in [-0.4, -0.2) is 27.5 Å². The number of anilines is 1.